The molecular weight excluding hydrogens is 378 g/mol. The monoisotopic (exact) mass is 413 g/mol. The van der Waals surface area contributed by atoms with E-state index in [1.165, 1.54) is 64.9 Å². The van der Waals surface area contributed by atoms with E-state index in [1.54, 1.807) is 31.5 Å². The van der Waals surface area contributed by atoms with Gasteiger partial charge in [-0.3, -0.25) is 4.79 Å². The molecule has 2 N–H and O–H groups in total. The van der Waals surface area contributed by atoms with E-state index in [-0.39, 0.29) is 5.57 Å². The van der Waals surface area contributed by atoms with Gasteiger partial charge in [0.25, 0.3) is 5.91 Å². The first-order valence-corrected chi connectivity index (χ1v) is 11.1. The van der Waals surface area contributed by atoms with Crippen LogP contribution in [0.3, 0.4) is 0 Å². The highest BCUT2D eigenvalue weighted by Crippen LogP contribution is 2.29. The zero-order chi connectivity index (χ0) is 21.6. The number of nitrogens with zero attached hydrogens (tertiary/aromatic N) is 1. The largest absolute Gasteiger partial charge is 0.493 e. The highest BCUT2D eigenvalue weighted by molar-refractivity contribution is 6.06. The van der Waals surface area contributed by atoms with Crippen LogP contribution >= 0.6 is 0 Å². The van der Waals surface area contributed by atoms with E-state index in [4.69, 9.17) is 9.47 Å². The van der Waals surface area contributed by atoms with Gasteiger partial charge in [0.2, 0.25) is 0 Å². The van der Waals surface area contributed by atoms with Crippen molar-refractivity contribution >= 4 is 11.6 Å². The summed E-state index contributed by atoms with van der Waals surface area (Å²) in [5.74, 6) is 0.658. The predicted molar refractivity (Wildman–Crippen MR) is 120 cm³/mol. The Bertz CT molecular complexity index is 728. The van der Waals surface area contributed by atoms with Gasteiger partial charge in [-0.05, 0) is 25.0 Å². The molecule has 30 heavy (non-hydrogen) atoms. The molecule has 6 heteroatoms. The maximum Gasteiger partial charge on any atom is 0.267 e. The Hall–Kier alpha value is -2.68. The fourth-order valence-corrected chi connectivity index (χ4v) is 3.79. The maximum absolute atomic E-state index is 12.6. The van der Waals surface area contributed by atoms with Crippen molar-refractivity contribution in [2.45, 2.75) is 76.7 Å². The normalized spacial score (nSPS) is 17.0. The molecule has 0 bridgehead atoms. The van der Waals surface area contributed by atoms with Gasteiger partial charge in [0.05, 0.1) is 14.2 Å². The number of anilines is 1. The number of nitriles is 1. The minimum atomic E-state index is -0.439. The van der Waals surface area contributed by atoms with Crippen molar-refractivity contribution in [3.63, 3.8) is 0 Å². The van der Waals surface area contributed by atoms with Crippen molar-refractivity contribution in [2.75, 3.05) is 19.5 Å². The molecule has 164 valence electrons. The van der Waals surface area contributed by atoms with Crippen molar-refractivity contribution in [2.24, 2.45) is 0 Å². The molecule has 1 saturated carbocycles. The predicted octanol–water partition coefficient (Wildman–Crippen LogP) is 5.31. The van der Waals surface area contributed by atoms with Gasteiger partial charge in [0, 0.05) is 24.0 Å². The number of carbonyl (C=O) groups excluding carboxylic acids is 1. The number of hydrogen-bond acceptors (Lipinski definition) is 5. The summed E-state index contributed by atoms with van der Waals surface area (Å²) in [5, 5.41) is 15.6. The number of amides is 1. The number of nitrogens with one attached hydrogen (secondary N) is 2. The third kappa shape index (κ3) is 7.98. The molecule has 1 amide bonds. The van der Waals surface area contributed by atoms with Gasteiger partial charge < -0.3 is 20.1 Å². The first kappa shape index (κ1) is 23.6. The van der Waals surface area contributed by atoms with Gasteiger partial charge in [-0.2, -0.15) is 5.26 Å². The maximum atomic E-state index is 12.6. The van der Waals surface area contributed by atoms with E-state index in [0.29, 0.717) is 23.2 Å². The summed E-state index contributed by atoms with van der Waals surface area (Å²) in [7, 11) is 3.09. The van der Waals surface area contributed by atoms with Crippen molar-refractivity contribution in [1.29, 1.82) is 5.26 Å². The average molecular weight is 414 g/mol. The summed E-state index contributed by atoms with van der Waals surface area (Å²) < 4.78 is 10.5. The van der Waals surface area contributed by atoms with Crippen LogP contribution in [-0.2, 0) is 4.79 Å². The number of carbonyl (C=O) groups is 1. The molecule has 0 heterocycles. The molecule has 0 radical (unpaired) electrons. The van der Waals surface area contributed by atoms with Crippen LogP contribution in [0.2, 0.25) is 0 Å². The van der Waals surface area contributed by atoms with E-state index in [0.717, 1.165) is 12.8 Å². The van der Waals surface area contributed by atoms with Crippen LogP contribution < -0.4 is 20.1 Å². The summed E-state index contributed by atoms with van der Waals surface area (Å²) in [5.41, 5.74) is 0.612. The number of ether oxygens (including phenoxy) is 2. The Morgan fingerprint density at radius 3 is 2.07 bits per heavy atom. The molecule has 0 spiro atoms. The zero-order valence-corrected chi connectivity index (χ0v) is 18.3. The lowest BCUT2D eigenvalue weighted by Gasteiger charge is -2.18. The van der Waals surface area contributed by atoms with E-state index in [9.17, 15) is 10.1 Å². The molecule has 1 fully saturated rings. The number of hydrogen-bond donors (Lipinski definition) is 2. The topological polar surface area (TPSA) is 83.4 Å². The summed E-state index contributed by atoms with van der Waals surface area (Å²) in [6.07, 6.45) is 15.3. The van der Waals surface area contributed by atoms with Crippen LogP contribution in [0.5, 0.6) is 11.5 Å². The summed E-state index contributed by atoms with van der Waals surface area (Å²) >= 11 is 0. The molecule has 1 aromatic rings. The fourth-order valence-electron chi connectivity index (χ4n) is 3.79. The third-order valence-corrected chi connectivity index (χ3v) is 5.58. The second kappa shape index (κ2) is 13.5. The molecule has 0 atom stereocenters. The van der Waals surface area contributed by atoms with Crippen LogP contribution in [0.25, 0.3) is 0 Å². The fraction of sp³-hybridized carbons (Fsp3) is 0.583. The number of rotatable bonds is 6. The van der Waals surface area contributed by atoms with Gasteiger partial charge in [-0.25, -0.2) is 0 Å². The van der Waals surface area contributed by atoms with E-state index >= 15 is 0 Å². The first-order valence-electron chi connectivity index (χ1n) is 11.1. The van der Waals surface area contributed by atoms with Gasteiger partial charge in [-0.15, -0.1) is 0 Å². The molecule has 1 aliphatic rings. The first-order chi connectivity index (χ1) is 14.7. The molecule has 1 aliphatic carbocycles. The lowest BCUT2D eigenvalue weighted by molar-refractivity contribution is -0.112. The molecule has 0 unspecified atom stereocenters. The Morgan fingerprint density at radius 2 is 1.53 bits per heavy atom. The van der Waals surface area contributed by atoms with Crippen LogP contribution in [0.1, 0.15) is 70.6 Å². The SMILES string of the molecule is COc1ccc(NC(=O)/C(C#N)=C\NC2CCCCCCCCCCC2)cc1OC. The second-order valence-electron chi connectivity index (χ2n) is 7.82. The van der Waals surface area contributed by atoms with Crippen molar-refractivity contribution in [3.05, 3.63) is 30.0 Å². The summed E-state index contributed by atoms with van der Waals surface area (Å²) in [6, 6.07) is 7.42. The lowest BCUT2D eigenvalue weighted by atomic mass is 9.98. The molecule has 1 aromatic carbocycles. The van der Waals surface area contributed by atoms with Crippen molar-refractivity contribution in [3.8, 4) is 17.6 Å². The van der Waals surface area contributed by atoms with Crippen LogP contribution in [-0.4, -0.2) is 26.2 Å². The van der Waals surface area contributed by atoms with Gasteiger partial charge in [-0.1, -0.05) is 57.8 Å². The van der Waals surface area contributed by atoms with Gasteiger partial charge in [0.1, 0.15) is 11.6 Å². The molecule has 0 aromatic heterocycles. The highest BCUT2D eigenvalue weighted by Gasteiger charge is 2.13. The zero-order valence-electron chi connectivity index (χ0n) is 18.3. The summed E-state index contributed by atoms with van der Waals surface area (Å²) in [6.45, 7) is 0. The third-order valence-electron chi connectivity index (χ3n) is 5.58. The van der Waals surface area contributed by atoms with E-state index in [1.807, 2.05) is 6.07 Å². The van der Waals surface area contributed by atoms with Crippen molar-refractivity contribution < 1.29 is 14.3 Å². The van der Waals surface area contributed by atoms with Crippen LogP contribution in [0, 0.1) is 11.3 Å². The quantitative estimate of drug-likeness (QED) is 0.487. The lowest BCUT2D eigenvalue weighted by Crippen LogP contribution is -2.26. The average Bonchev–Trinajstić information content (AvgIpc) is 2.75. The minimum Gasteiger partial charge on any atom is -0.493 e. The number of methoxy groups -OCH3 is 2. The van der Waals surface area contributed by atoms with Crippen molar-refractivity contribution in [1.82, 2.24) is 5.32 Å². The Kier molecular flexibility index (Phi) is 10.6. The summed E-state index contributed by atoms with van der Waals surface area (Å²) in [4.78, 5) is 12.6. The molecule has 0 aliphatic heterocycles. The Balaban J connectivity index is 1.97. The van der Waals surface area contributed by atoms with Gasteiger partial charge in [0.15, 0.2) is 11.5 Å². The molecule has 2 rings (SSSR count). The second-order valence-corrected chi connectivity index (χ2v) is 7.82. The number of benzene rings is 1. The van der Waals surface area contributed by atoms with E-state index in [2.05, 4.69) is 10.6 Å². The van der Waals surface area contributed by atoms with Gasteiger partial charge >= 0.3 is 0 Å². The Labute approximate surface area is 180 Å². The molecule has 0 saturated heterocycles. The highest BCUT2D eigenvalue weighted by atomic mass is 16.5. The van der Waals surface area contributed by atoms with Crippen LogP contribution in [0.4, 0.5) is 5.69 Å². The standard InChI is InChI=1S/C24H35N3O3/c1-29-22-15-14-21(16-23(22)30-2)27-24(28)19(17-25)18-26-20-12-10-8-6-4-3-5-7-9-11-13-20/h14-16,18,20,26H,3-13H2,1-2H3,(H,27,28)/b19-18-. The van der Waals surface area contributed by atoms with E-state index < -0.39 is 5.91 Å². The van der Waals surface area contributed by atoms with Crippen LogP contribution in [0.15, 0.2) is 30.0 Å². The molecule has 6 nitrogen and oxygen atoms in total. The smallest absolute Gasteiger partial charge is 0.267 e. The Morgan fingerprint density at radius 1 is 0.967 bits per heavy atom. The molecular formula is C24H35N3O3. The minimum absolute atomic E-state index is 0.0656.